The van der Waals surface area contributed by atoms with Crippen molar-refractivity contribution in [3.63, 3.8) is 0 Å². The third kappa shape index (κ3) is 9.87. The Balaban J connectivity index is 2.21. The number of hydrogen-bond donors (Lipinski definition) is 1. The summed E-state index contributed by atoms with van der Waals surface area (Å²) in [5.74, 6) is -0.0245. The van der Waals surface area contributed by atoms with E-state index in [1.165, 1.54) is 0 Å². The lowest BCUT2D eigenvalue weighted by Crippen LogP contribution is -2.37. The Morgan fingerprint density at radius 3 is 2.44 bits per heavy atom. The maximum absolute atomic E-state index is 12.3. The van der Waals surface area contributed by atoms with Crippen molar-refractivity contribution in [3.05, 3.63) is 35.9 Å². The molecule has 5 nitrogen and oxygen atoms in total. The number of ketones is 1. The van der Waals surface area contributed by atoms with E-state index in [4.69, 9.17) is 9.47 Å². The molecule has 1 unspecified atom stereocenters. The van der Waals surface area contributed by atoms with Gasteiger partial charge in [-0.25, -0.2) is 4.79 Å². The predicted molar refractivity (Wildman–Crippen MR) is 98.4 cm³/mol. The molecule has 0 spiro atoms. The first-order valence-electron chi connectivity index (χ1n) is 8.93. The average Bonchev–Trinajstić information content (AvgIpc) is 2.54. The number of Topliss-reactive ketones (excluding diaryl/α,β-unsaturated/α-hetero) is 1. The molecule has 140 valence electrons. The molecule has 0 aromatic heterocycles. The van der Waals surface area contributed by atoms with Crippen LogP contribution in [-0.4, -0.2) is 30.6 Å². The number of carbonyl (C=O) groups excluding carboxylic acids is 2. The topological polar surface area (TPSA) is 64.6 Å². The second-order valence-electron chi connectivity index (χ2n) is 7.10. The van der Waals surface area contributed by atoms with Crippen molar-refractivity contribution in [2.45, 2.75) is 59.2 Å². The number of hydrogen-bond acceptors (Lipinski definition) is 4. The van der Waals surface area contributed by atoms with Crippen molar-refractivity contribution in [1.29, 1.82) is 0 Å². The van der Waals surface area contributed by atoms with Crippen molar-refractivity contribution in [2.75, 3.05) is 13.2 Å². The van der Waals surface area contributed by atoms with Gasteiger partial charge in [-0.2, -0.15) is 0 Å². The molecule has 0 saturated heterocycles. The molecule has 0 radical (unpaired) electrons. The summed E-state index contributed by atoms with van der Waals surface area (Å²) in [6, 6.07) is 9.96. The molecule has 0 fully saturated rings. The van der Waals surface area contributed by atoms with Crippen LogP contribution in [0.4, 0.5) is 4.79 Å². The van der Waals surface area contributed by atoms with E-state index < -0.39 is 11.7 Å². The lowest BCUT2D eigenvalue weighted by atomic mass is 9.98. The van der Waals surface area contributed by atoms with Crippen LogP contribution in [0.5, 0.6) is 0 Å². The summed E-state index contributed by atoms with van der Waals surface area (Å²) < 4.78 is 10.8. The van der Waals surface area contributed by atoms with E-state index in [0.29, 0.717) is 39.0 Å². The molecule has 0 aliphatic carbocycles. The van der Waals surface area contributed by atoms with Gasteiger partial charge in [0.25, 0.3) is 0 Å². The molecular formula is C20H31NO4. The van der Waals surface area contributed by atoms with Crippen molar-refractivity contribution >= 4 is 11.9 Å². The molecule has 1 aromatic carbocycles. The molecule has 25 heavy (non-hydrogen) atoms. The Morgan fingerprint density at radius 1 is 1.16 bits per heavy atom. The fourth-order valence-electron chi connectivity index (χ4n) is 2.32. The zero-order valence-electron chi connectivity index (χ0n) is 15.8. The number of amides is 1. The van der Waals surface area contributed by atoms with Crippen LogP contribution in [0, 0.1) is 5.92 Å². The molecule has 0 bridgehead atoms. The van der Waals surface area contributed by atoms with Crippen LogP contribution >= 0.6 is 0 Å². The van der Waals surface area contributed by atoms with E-state index in [0.717, 1.165) is 5.56 Å². The van der Waals surface area contributed by atoms with E-state index in [1.807, 2.05) is 58.0 Å². The van der Waals surface area contributed by atoms with Gasteiger partial charge in [0.15, 0.2) is 0 Å². The SMILES string of the molecule is CCC(CNC(=O)OC(C)(C)C)C(=O)CCCOCc1ccccc1. The first kappa shape index (κ1) is 21.2. The first-order chi connectivity index (χ1) is 11.8. The predicted octanol–water partition coefficient (Wildman–Crippen LogP) is 4.10. The monoisotopic (exact) mass is 349 g/mol. The van der Waals surface area contributed by atoms with Crippen LogP contribution in [0.1, 0.15) is 52.5 Å². The minimum atomic E-state index is -0.536. The molecule has 5 heteroatoms. The highest BCUT2D eigenvalue weighted by atomic mass is 16.6. The standard InChI is InChI=1S/C20H31NO4/c1-5-17(14-21-19(23)25-20(2,3)4)18(22)12-9-13-24-15-16-10-7-6-8-11-16/h6-8,10-11,17H,5,9,12-15H2,1-4H3,(H,21,23). The normalized spacial score (nSPS) is 12.5. The Morgan fingerprint density at radius 2 is 1.84 bits per heavy atom. The molecule has 0 saturated carbocycles. The fourth-order valence-corrected chi connectivity index (χ4v) is 2.32. The van der Waals surface area contributed by atoms with Crippen LogP contribution in [-0.2, 0) is 20.9 Å². The third-order valence-electron chi connectivity index (χ3n) is 3.66. The van der Waals surface area contributed by atoms with Crippen molar-refractivity contribution in [1.82, 2.24) is 5.32 Å². The van der Waals surface area contributed by atoms with Crippen LogP contribution in [0.3, 0.4) is 0 Å². The summed E-state index contributed by atoms with van der Waals surface area (Å²) in [4.78, 5) is 23.9. The summed E-state index contributed by atoms with van der Waals surface area (Å²) in [5, 5.41) is 2.68. The summed E-state index contributed by atoms with van der Waals surface area (Å²) >= 11 is 0. The highest BCUT2D eigenvalue weighted by molar-refractivity contribution is 5.81. The quantitative estimate of drug-likeness (QED) is 0.646. The van der Waals surface area contributed by atoms with Crippen LogP contribution in [0.2, 0.25) is 0 Å². The maximum atomic E-state index is 12.3. The first-order valence-corrected chi connectivity index (χ1v) is 8.93. The van der Waals surface area contributed by atoms with E-state index in [2.05, 4.69) is 5.32 Å². The molecule has 0 heterocycles. The molecule has 1 rings (SSSR count). The molecule has 1 N–H and O–H groups in total. The Kier molecular flexibility index (Phi) is 9.21. The van der Waals surface area contributed by atoms with Gasteiger partial charge in [-0.05, 0) is 39.2 Å². The number of rotatable bonds is 10. The number of ether oxygens (including phenoxy) is 2. The smallest absolute Gasteiger partial charge is 0.407 e. The Labute approximate surface area is 151 Å². The van der Waals surface area contributed by atoms with Gasteiger partial charge < -0.3 is 14.8 Å². The highest BCUT2D eigenvalue weighted by Crippen LogP contribution is 2.10. The molecule has 1 amide bonds. The van der Waals surface area contributed by atoms with Gasteiger partial charge in [-0.15, -0.1) is 0 Å². The van der Waals surface area contributed by atoms with Crippen molar-refractivity contribution < 1.29 is 19.1 Å². The van der Waals surface area contributed by atoms with Gasteiger partial charge in [-0.3, -0.25) is 4.79 Å². The van der Waals surface area contributed by atoms with Gasteiger partial charge in [0.1, 0.15) is 11.4 Å². The van der Waals surface area contributed by atoms with E-state index >= 15 is 0 Å². The zero-order valence-corrected chi connectivity index (χ0v) is 15.8. The number of alkyl carbamates (subject to hydrolysis) is 1. The molecular weight excluding hydrogens is 318 g/mol. The summed E-state index contributed by atoms with van der Waals surface area (Å²) in [6.45, 7) is 8.81. The number of carbonyl (C=O) groups is 2. The van der Waals surface area contributed by atoms with Crippen molar-refractivity contribution in [2.24, 2.45) is 5.92 Å². The second-order valence-corrected chi connectivity index (χ2v) is 7.10. The van der Waals surface area contributed by atoms with E-state index in [-0.39, 0.29) is 11.7 Å². The van der Waals surface area contributed by atoms with Gasteiger partial charge in [0.05, 0.1) is 6.61 Å². The molecule has 0 aliphatic rings. The molecule has 1 atom stereocenters. The maximum Gasteiger partial charge on any atom is 0.407 e. The highest BCUT2D eigenvalue weighted by Gasteiger charge is 2.20. The van der Waals surface area contributed by atoms with Crippen LogP contribution in [0.25, 0.3) is 0 Å². The van der Waals surface area contributed by atoms with E-state index in [1.54, 1.807) is 0 Å². The summed E-state index contributed by atoms with van der Waals surface area (Å²) in [7, 11) is 0. The van der Waals surface area contributed by atoms with Gasteiger partial charge in [-0.1, -0.05) is 37.3 Å². The summed E-state index contributed by atoms with van der Waals surface area (Å²) in [6.07, 6.45) is 1.36. The lowest BCUT2D eigenvalue weighted by Gasteiger charge is -2.21. The van der Waals surface area contributed by atoms with Crippen LogP contribution < -0.4 is 5.32 Å². The fraction of sp³-hybridized carbons (Fsp3) is 0.600. The molecule has 0 aliphatic heterocycles. The van der Waals surface area contributed by atoms with Crippen molar-refractivity contribution in [3.8, 4) is 0 Å². The molecule has 1 aromatic rings. The summed E-state index contributed by atoms with van der Waals surface area (Å²) in [5.41, 5.74) is 0.591. The third-order valence-corrected chi connectivity index (χ3v) is 3.66. The van der Waals surface area contributed by atoms with E-state index in [9.17, 15) is 9.59 Å². The minimum Gasteiger partial charge on any atom is -0.444 e. The average molecular weight is 349 g/mol. The minimum absolute atomic E-state index is 0.155. The van der Waals surface area contributed by atoms with Gasteiger partial charge >= 0.3 is 6.09 Å². The second kappa shape index (κ2) is 10.9. The lowest BCUT2D eigenvalue weighted by molar-refractivity contribution is -0.123. The van der Waals surface area contributed by atoms with Gasteiger partial charge in [0.2, 0.25) is 0 Å². The Bertz CT molecular complexity index is 522. The number of benzene rings is 1. The zero-order chi connectivity index (χ0) is 18.7. The van der Waals surface area contributed by atoms with Crippen LogP contribution in [0.15, 0.2) is 30.3 Å². The number of nitrogens with one attached hydrogen (secondary N) is 1. The largest absolute Gasteiger partial charge is 0.444 e. The Hall–Kier alpha value is -1.88. The van der Waals surface area contributed by atoms with Gasteiger partial charge in [0, 0.05) is 25.5 Å².